The van der Waals surface area contributed by atoms with Crippen molar-refractivity contribution < 1.29 is 23.8 Å². The van der Waals surface area contributed by atoms with Gasteiger partial charge in [0.15, 0.2) is 0 Å². The summed E-state index contributed by atoms with van der Waals surface area (Å²) in [6.45, 7) is 0. The van der Waals surface area contributed by atoms with Crippen LogP contribution in [0.15, 0.2) is 48.5 Å². The number of methoxy groups -OCH3 is 2. The first-order valence-electron chi connectivity index (χ1n) is 8.61. The van der Waals surface area contributed by atoms with Crippen LogP contribution >= 0.6 is 0 Å². The lowest BCUT2D eigenvalue weighted by Gasteiger charge is -2.16. The molecule has 3 aromatic rings. The molecule has 9 nitrogen and oxygen atoms in total. The van der Waals surface area contributed by atoms with Gasteiger partial charge in [0.25, 0.3) is 0 Å². The van der Waals surface area contributed by atoms with E-state index in [-0.39, 0.29) is 29.3 Å². The minimum absolute atomic E-state index is 0.0171. The summed E-state index contributed by atoms with van der Waals surface area (Å²) in [5.74, 6) is -0.369. The van der Waals surface area contributed by atoms with Crippen molar-refractivity contribution in [3.05, 3.63) is 54.1 Å². The number of rotatable bonds is 7. The van der Waals surface area contributed by atoms with Crippen molar-refractivity contribution in [3.8, 4) is 34.9 Å². The predicted octanol–water partition coefficient (Wildman–Crippen LogP) is 2.98. The summed E-state index contributed by atoms with van der Waals surface area (Å²) in [5, 5.41) is 1.31. The first kappa shape index (κ1) is 20.0. The van der Waals surface area contributed by atoms with Crippen molar-refractivity contribution in [1.82, 2.24) is 20.0 Å². The average Bonchev–Trinajstić information content (AvgIpc) is 2.73. The van der Waals surface area contributed by atoms with Crippen LogP contribution in [0.5, 0.6) is 23.8 Å². The van der Waals surface area contributed by atoms with E-state index in [1.54, 1.807) is 26.2 Å². The summed E-state index contributed by atoms with van der Waals surface area (Å²) in [6.07, 6.45) is 0. The van der Waals surface area contributed by atoms with E-state index in [0.29, 0.717) is 5.56 Å². The molecule has 0 aliphatic carbocycles. The smallest absolute Gasteiger partial charge is 0.361 e. The Hall–Kier alpha value is -3.72. The molecule has 0 fully saturated rings. The molecule has 1 aromatic heterocycles. The number of hydrogen-bond donors (Lipinski definition) is 0. The Morgan fingerprint density at radius 2 is 1.45 bits per heavy atom. The molecule has 29 heavy (non-hydrogen) atoms. The molecule has 9 heteroatoms. The molecule has 0 spiro atoms. The lowest BCUT2D eigenvalue weighted by atomic mass is 9.99. The second-order valence-electron chi connectivity index (χ2n) is 5.93. The van der Waals surface area contributed by atoms with Gasteiger partial charge in [0, 0.05) is 19.7 Å². The first-order chi connectivity index (χ1) is 14.0. The van der Waals surface area contributed by atoms with E-state index in [1.807, 2.05) is 36.4 Å². The van der Waals surface area contributed by atoms with Crippen LogP contribution in [0.2, 0.25) is 0 Å². The summed E-state index contributed by atoms with van der Waals surface area (Å²) in [6, 6.07) is 14.6. The summed E-state index contributed by atoms with van der Waals surface area (Å²) in [4.78, 5) is 30.2. The predicted molar refractivity (Wildman–Crippen MR) is 104 cm³/mol. The van der Waals surface area contributed by atoms with Crippen LogP contribution in [0.25, 0.3) is 11.1 Å². The van der Waals surface area contributed by atoms with E-state index in [2.05, 4.69) is 15.0 Å². The van der Waals surface area contributed by atoms with Crippen molar-refractivity contribution in [2.24, 2.45) is 0 Å². The van der Waals surface area contributed by atoms with E-state index < -0.39 is 5.97 Å². The Bertz CT molecular complexity index is 973. The van der Waals surface area contributed by atoms with Crippen LogP contribution in [-0.2, 0) is 4.84 Å². The van der Waals surface area contributed by atoms with Gasteiger partial charge in [0.05, 0.1) is 14.2 Å². The zero-order valence-corrected chi connectivity index (χ0v) is 16.4. The van der Waals surface area contributed by atoms with E-state index in [1.165, 1.54) is 19.3 Å². The highest BCUT2D eigenvalue weighted by Crippen LogP contribution is 2.34. The summed E-state index contributed by atoms with van der Waals surface area (Å²) in [7, 11) is 6.06. The molecule has 3 rings (SSSR count). The molecule has 150 valence electrons. The molecule has 2 aromatic carbocycles. The number of carbonyl (C=O) groups is 1. The van der Waals surface area contributed by atoms with Crippen molar-refractivity contribution in [1.29, 1.82) is 0 Å². The summed E-state index contributed by atoms with van der Waals surface area (Å²) >= 11 is 0. The van der Waals surface area contributed by atoms with E-state index in [4.69, 9.17) is 19.0 Å². The van der Waals surface area contributed by atoms with Crippen molar-refractivity contribution in [2.75, 3.05) is 28.3 Å². The van der Waals surface area contributed by atoms with Crippen LogP contribution in [0, 0.1) is 0 Å². The molecule has 0 unspecified atom stereocenters. The molecule has 0 bridgehead atoms. The normalized spacial score (nSPS) is 10.5. The van der Waals surface area contributed by atoms with Crippen LogP contribution in [0.1, 0.15) is 10.4 Å². The van der Waals surface area contributed by atoms with Gasteiger partial charge in [-0.05, 0) is 11.6 Å². The standard InChI is InChI=1S/C20H20N4O5/c1-24(2)29-17(25)16-14(13-9-6-5-7-10-13)11-8-12-15(16)28-20-22-18(26-3)21-19(23-20)27-4/h5-12H,1-4H3. The monoisotopic (exact) mass is 396 g/mol. The number of aromatic nitrogens is 3. The van der Waals surface area contributed by atoms with Gasteiger partial charge in [-0.3, -0.25) is 0 Å². The van der Waals surface area contributed by atoms with Crippen LogP contribution in [0.4, 0.5) is 0 Å². The zero-order valence-electron chi connectivity index (χ0n) is 16.4. The maximum atomic E-state index is 12.9. The van der Waals surface area contributed by atoms with Gasteiger partial charge in [0.2, 0.25) is 0 Å². The van der Waals surface area contributed by atoms with Crippen molar-refractivity contribution in [3.63, 3.8) is 0 Å². The molecule has 0 saturated carbocycles. The summed E-state index contributed by atoms with van der Waals surface area (Å²) in [5.41, 5.74) is 1.70. The van der Waals surface area contributed by atoms with Gasteiger partial charge in [-0.15, -0.1) is 20.0 Å². The summed E-state index contributed by atoms with van der Waals surface area (Å²) < 4.78 is 15.9. The van der Waals surface area contributed by atoms with E-state index in [9.17, 15) is 4.79 Å². The van der Waals surface area contributed by atoms with Crippen molar-refractivity contribution >= 4 is 5.97 Å². The third-order valence-electron chi connectivity index (χ3n) is 3.72. The molecule has 0 aliphatic rings. The molecule has 1 heterocycles. The highest BCUT2D eigenvalue weighted by molar-refractivity contribution is 6.00. The molecule has 0 amide bonds. The molecule has 0 radical (unpaired) electrons. The Balaban J connectivity index is 2.10. The Kier molecular flexibility index (Phi) is 6.20. The molecular formula is C20H20N4O5. The molecule has 0 atom stereocenters. The highest BCUT2D eigenvalue weighted by atomic mass is 16.7. The highest BCUT2D eigenvalue weighted by Gasteiger charge is 2.23. The van der Waals surface area contributed by atoms with Crippen LogP contribution in [0.3, 0.4) is 0 Å². The van der Waals surface area contributed by atoms with Gasteiger partial charge < -0.3 is 19.0 Å². The number of ether oxygens (including phenoxy) is 3. The Morgan fingerprint density at radius 1 is 0.828 bits per heavy atom. The van der Waals surface area contributed by atoms with Crippen molar-refractivity contribution in [2.45, 2.75) is 0 Å². The minimum atomic E-state index is -0.586. The zero-order chi connectivity index (χ0) is 20.8. The lowest BCUT2D eigenvalue weighted by molar-refractivity contribution is -0.0714. The fraction of sp³-hybridized carbons (Fsp3) is 0.200. The maximum Gasteiger partial charge on any atom is 0.361 e. The van der Waals surface area contributed by atoms with E-state index in [0.717, 1.165) is 5.56 Å². The molecular weight excluding hydrogens is 376 g/mol. The van der Waals surface area contributed by atoms with Gasteiger partial charge in [-0.25, -0.2) is 4.79 Å². The minimum Gasteiger partial charge on any atom is -0.467 e. The van der Waals surface area contributed by atoms with Gasteiger partial charge in [0.1, 0.15) is 11.3 Å². The molecule has 0 saturated heterocycles. The number of hydrogen-bond acceptors (Lipinski definition) is 9. The second kappa shape index (κ2) is 8.98. The fourth-order valence-corrected chi connectivity index (χ4v) is 2.54. The van der Waals surface area contributed by atoms with Crippen LogP contribution < -0.4 is 14.2 Å². The number of hydroxylamine groups is 2. The number of carbonyl (C=O) groups excluding carboxylic acids is 1. The molecule has 0 N–H and O–H groups in total. The number of benzene rings is 2. The first-order valence-corrected chi connectivity index (χ1v) is 8.61. The topological polar surface area (TPSA) is 95.9 Å². The second-order valence-corrected chi connectivity index (χ2v) is 5.93. The van der Waals surface area contributed by atoms with Gasteiger partial charge in [-0.1, -0.05) is 42.5 Å². The van der Waals surface area contributed by atoms with Gasteiger partial charge >= 0.3 is 24.0 Å². The Labute approximate surface area is 167 Å². The lowest BCUT2D eigenvalue weighted by Crippen LogP contribution is -2.19. The quantitative estimate of drug-likeness (QED) is 0.558. The Morgan fingerprint density at radius 3 is 2.03 bits per heavy atom. The largest absolute Gasteiger partial charge is 0.467 e. The van der Waals surface area contributed by atoms with Crippen LogP contribution in [-0.4, -0.2) is 54.3 Å². The van der Waals surface area contributed by atoms with E-state index >= 15 is 0 Å². The third-order valence-corrected chi connectivity index (χ3v) is 3.72. The SMILES string of the molecule is COc1nc(OC)nc(Oc2cccc(-c3ccccc3)c2C(=O)ON(C)C)n1. The average molecular weight is 396 g/mol. The fourth-order valence-electron chi connectivity index (χ4n) is 2.54. The maximum absolute atomic E-state index is 12.9. The third kappa shape index (κ3) is 4.77. The molecule has 0 aliphatic heterocycles. The van der Waals surface area contributed by atoms with Gasteiger partial charge in [-0.2, -0.15) is 0 Å². The number of nitrogens with zero attached hydrogens (tertiary/aromatic N) is 4.